The van der Waals surface area contributed by atoms with Crippen molar-refractivity contribution in [3.63, 3.8) is 0 Å². The molecule has 0 radical (unpaired) electrons. The molecule has 9 heteroatoms. The number of benzene rings is 1. The Bertz CT molecular complexity index is 552. The second-order valence-electron chi connectivity index (χ2n) is 3.85. The van der Waals surface area contributed by atoms with Gasteiger partial charge in [0.15, 0.2) is 6.61 Å². The van der Waals surface area contributed by atoms with Crippen molar-refractivity contribution in [2.24, 2.45) is 0 Å². The third-order valence-electron chi connectivity index (χ3n) is 2.16. The normalized spacial score (nSPS) is 9.81. The Morgan fingerprint density at radius 3 is 2.48 bits per heavy atom. The average molecular weight is 380 g/mol. The van der Waals surface area contributed by atoms with E-state index in [0.29, 0.717) is 10.8 Å². The van der Waals surface area contributed by atoms with Crippen LogP contribution < -0.4 is 15.6 Å². The Hall–Kier alpha value is -1.80. The van der Waals surface area contributed by atoms with Gasteiger partial charge in [-0.2, -0.15) is 0 Å². The zero-order valence-electron chi connectivity index (χ0n) is 10.7. The van der Waals surface area contributed by atoms with Crippen molar-refractivity contribution in [2.45, 2.75) is 12.8 Å². The average Bonchev–Trinajstić information content (AvgIpc) is 2.41. The number of carbonyl (C=O) groups is 3. The van der Waals surface area contributed by atoms with Gasteiger partial charge in [0.1, 0.15) is 5.75 Å². The number of carboxylic acid groups (broad SMARTS) is 1. The first kappa shape index (κ1) is 17.3. The highest BCUT2D eigenvalue weighted by molar-refractivity contribution is 9.10. The van der Waals surface area contributed by atoms with Crippen LogP contribution in [0.3, 0.4) is 0 Å². The Kier molecular flexibility index (Phi) is 6.97. The number of hydrogen-bond acceptors (Lipinski definition) is 4. The number of halogens is 2. The molecule has 7 nitrogen and oxygen atoms in total. The third kappa shape index (κ3) is 6.96. The van der Waals surface area contributed by atoms with E-state index >= 15 is 0 Å². The molecule has 0 aliphatic heterocycles. The van der Waals surface area contributed by atoms with Crippen LogP contribution in [0.5, 0.6) is 5.75 Å². The van der Waals surface area contributed by atoms with E-state index in [-0.39, 0.29) is 19.4 Å². The van der Waals surface area contributed by atoms with Crippen molar-refractivity contribution in [1.29, 1.82) is 0 Å². The van der Waals surface area contributed by atoms with E-state index in [1.54, 1.807) is 18.2 Å². The summed E-state index contributed by atoms with van der Waals surface area (Å²) in [7, 11) is 0. The van der Waals surface area contributed by atoms with Gasteiger partial charge in [-0.1, -0.05) is 27.5 Å². The third-order valence-corrected chi connectivity index (χ3v) is 2.95. The fraction of sp³-hybridized carbons (Fsp3) is 0.250. The predicted molar refractivity (Wildman–Crippen MR) is 77.8 cm³/mol. The predicted octanol–water partition coefficient (Wildman–Crippen LogP) is 1.49. The standard InChI is InChI=1S/C12H12BrClN2O5/c13-7-1-2-9(8(14)5-7)21-6-11(18)16-15-10(17)3-4-12(19)20/h1-2,5H,3-4,6H2,(H,15,17)(H,16,18)(H,19,20). The van der Waals surface area contributed by atoms with Gasteiger partial charge in [-0.05, 0) is 18.2 Å². The molecule has 0 heterocycles. The van der Waals surface area contributed by atoms with Crippen LogP contribution in [0.1, 0.15) is 12.8 Å². The topological polar surface area (TPSA) is 105 Å². The number of aliphatic carboxylic acids is 1. The lowest BCUT2D eigenvalue weighted by atomic mass is 10.3. The van der Waals surface area contributed by atoms with Gasteiger partial charge in [0.2, 0.25) is 5.91 Å². The fourth-order valence-electron chi connectivity index (χ4n) is 1.19. The Balaban J connectivity index is 2.31. The van der Waals surface area contributed by atoms with Gasteiger partial charge in [0.25, 0.3) is 5.91 Å². The first-order chi connectivity index (χ1) is 9.88. The molecular weight excluding hydrogens is 367 g/mol. The van der Waals surface area contributed by atoms with Crippen LogP contribution in [-0.2, 0) is 14.4 Å². The van der Waals surface area contributed by atoms with E-state index in [9.17, 15) is 14.4 Å². The van der Waals surface area contributed by atoms with E-state index in [4.69, 9.17) is 21.4 Å². The summed E-state index contributed by atoms with van der Waals surface area (Å²) in [6.45, 7) is -0.347. The number of rotatable bonds is 6. The number of carbonyl (C=O) groups excluding carboxylic acids is 2. The van der Waals surface area contributed by atoms with E-state index < -0.39 is 17.8 Å². The molecule has 0 aliphatic carbocycles. The molecule has 0 saturated heterocycles. The SMILES string of the molecule is O=C(O)CCC(=O)NNC(=O)COc1ccc(Br)cc1Cl. The molecule has 3 N–H and O–H groups in total. The largest absolute Gasteiger partial charge is 0.482 e. The highest BCUT2D eigenvalue weighted by Crippen LogP contribution is 2.27. The minimum Gasteiger partial charge on any atom is -0.482 e. The first-order valence-corrected chi connectivity index (χ1v) is 6.93. The Labute approximate surface area is 133 Å². The van der Waals surface area contributed by atoms with Crippen molar-refractivity contribution in [3.05, 3.63) is 27.7 Å². The minimum atomic E-state index is -1.09. The number of amides is 2. The highest BCUT2D eigenvalue weighted by atomic mass is 79.9. The molecular formula is C12H12BrClN2O5. The smallest absolute Gasteiger partial charge is 0.303 e. The quantitative estimate of drug-likeness (QED) is 0.650. The monoisotopic (exact) mass is 378 g/mol. The molecule has 0 saturated carbocycles. The first-order valence-electron chi connectivity index (χ1n) is 5.76. The van der Waals surface area contributed by atoms with Crippen molar-refractivity contribution in [3.8, 4) is 5.75 Å². The lowest BCUT2D eigenvalue weighted by molar-refractivity contribution is -0.139. The van der Waals surface area contributed by atoms with E-state index in [2.05, 4.69) is 26.8 Å². The van der Waals surface area contributed by atoms with Crippen molar-refractivity contribution < 1.29 is 24.2 Å². The number of nitrogens with one attached hydrogen (secondary N) is 2. The molecule has 0 unspecified atom stereocenters. The maximum Gasteiger partial charge on any atom is 0.303 e. The second kappa shape index (κ2) is 8.48. The van der Waals surface area contributed by atoms with Gasteiger partial charge in [0, 0.05) is 10.9 Å². The summed E-state index contributed by atoms with van der Waals surface area (Å²) in [6, 6.07) is 4.90. The number of ether oxygens (including phenoxy) is 1. The van der Waals surface area contributed by atoms with E-state index in [1.165, 1.54) is 0 Å². The molecule has 21 heavy (non-hydrogen) atoms. The number of carboxylic acids is 1. The number of hydrazine groups is 1. The molecule has 0 aliphatic rings. The van der Waals surface area contributed by atoms with Crippen LogP contribution >= 0.6 is 27.5 Å². The van der Waals surface area contributed by atoms with Crippen LogP contribution in [0.25, 0.3) is 0 Å². The lowest BCUT2D eigenvalue weighted by Crippen LogP contribution is -2.43. The molecule has 0 bridgehead atoms. The van der Waals surface area contributed by atoms with Crippen LogP contribution in [0.15, 0.2) is 22.7 Å². The van der Waals surface area contributed by atoms with Gasteiger partial charge in [0.05, 0.1) is 11.4 Å². The summed E-state index contributed by atoms with van der Waals surface area (Å²) in [5.74, 6) is -1.97. The second-order valence-corrected chi connectivity index (χ2v) is 5.18. The van der Waals surface area contributed by atoms with Crippen LogP contribution in [-0.4, -0.2) is 29.5 Å². The number of hydrogen-bond donors (Lipinski definition) is 3. The van der Waals surface area contributed by atoms with Crippen LogP contribution in [0, 0.1) is 0 Å². The molecule has 0 fully saturated rings. The van der Waals surface area contributed by atoms with Gasteiger partial charge >= 0.3 is 5.97 Å². The molecule has 2 amide bonds. The molecule has 0 aromatic heterocycles. The molecule has 0 atom stereocenters. The highest BCUT2D eigenvalue weighted by Gasteiger charge is 2.09. The maximum absolute atomic E-state index is 11.4. The van der Waals surface area contributed by atoms with Crippen LogP contribution in [0.2, 0.25) is 5.02 Å². The van der Waals surface area contributed by atoms with Gasteiger partial charge in [-0.3, -0.25) is 25.2 Å². The van der Waals surface area contributed by atoms with Crippen molar-refractivity contribution >= 4 is 45.3 Å². The molecule has 1 aromatic rings. The maximum atomic E-state index is 11.4. The van der Waals surface area contributed by atoms with Gasteiger partial charge in [-0.25, -0.2) is 0 Å². The molecule has 114 valence electrons. The summed E-state index contributed by atoms with van der Waals surface area (Å²) in [6.07, 6.45) is -0.540. The van der Waals surface area contributed by atoms with Crippen molar-refractivity contribution in [1.82, 2.24) is 10.9 Å². The Morgan fingerprint density at radius 2 is 1.86 bits per heavy atom. The zero-order chi connectivity index (χ0) is 15.8. The van der Waals surface area contributed by atoms with Gasteiger partial charge in [-0.15, -0.1) is 0 Å². The van der Waals surface area contributed by atoms with E-state index in [1.807, 2.05) is 0 Å². The summed E-state index contributed by atoms with van der Waals surface area (Å²) < 4.78 is 5.95. The zero-order valence-corrected chi connectivity index (χ0v) is 13.0. The minimum absolute atomic E-state index is 0.227. The molecule has 1 aromatic carbocycles. The lowest BCUT2D eigenvalue weighted by Gasteiger charge is -2.09. The summed E-state index contributed by atoms with van der Waals surface area (Å²) in [5.41, 5.74) is 4.17. The molecule has 0 spiro atoms. The Morgan fingerprint density at radius 1 is 1.19 bits per heavy atom. The summed E-state index contributed by atoms with van der Waals surface area (Å²) in [4.78, 5) is 32.8. The fourth-order valence-corrected chi connectivity index (χ4v) is 1.92. The van der Waals surface area contributed by atoms with Crippen LogP contribution in [0.4, 0.5) is 0 Å². The molecule has 1 rings (SSSR count). The summed E-state index contributed by atoms with van der Waals surface area (Å²) >= 11 is 9.13. The van der Waals surface area contributed by atoms with E-state index in [0.717, 1.165) is 4.47 Å². The van der Waals surface area contributed by atoms with Crippen molar-refractivity contribution in [2.75, 3.05) is 6.61 Å². The summed E-state index contributed by atoms with van der Waals surface area (Å²) in [5, 5.41) is 8.73. The van der Waals surface area contributed by atoms with Gasteiger partial charge < -0.3 is 9.84 Å².